The molecular formula is C8H6Cl3NO2S. The van der Waals surface area contributed by atoms with Gasteiger partial charge in [-0.15, -0.1) is 0 Å². The van der Waals surface area contributed by atoms with Crippen LogP contribution in [-0.2, 0) is 10.0 Å². The molecule has 0 aliphatic carbocycles. The van der Waals surface area contributed by atoms with Gasteiger partial charge in [0.2, 0.25) is 0 Å². The summed E-state index contributed by atoms with van der Waals surface area (Å²) in [4.78, 5) is -0.913. The van der Waals surface area contributed by atoms with E-state index < -0.39 is 14.9 Å². The Morgan fingerprint density at radius 3 is 2.20 bits per heavy atom. The minimum Gasteiger partial charge on any atom is -0.199 e. The molecule has 0 aliphatic heterocycles. The Hall–Kier alpha value is -0.290. The fourth-order valence-electron chi connectivity index (χ4n) is 0.794. The van der Waals surface area contributed by atoms with Gasteiger partial charge < -0.3 is 0 Å². The van der Waals surface area contributed by atoms with Crippen molar-refractivity contribution in [3.05, 3.63) is 29.3 Å². The van der Waals surface area contributed by atoms with E-state index in [9.17, 15) is 8.42 Å². The zero-order valence-corrected chi connectivity index (χ0v) is 10.4. The maximum Gasteiger partial charge on any atom is 0.282 e. The standard InChI is InChI=1S/C8H6Cl3NO2S/c9-6-1-3-7(4-2-6)15(13,14)12-5-8(10)11/h1-5,8H. The van der Waals surface area contributed by atoms with Crippen LogP contribution in [0.15, 0.2) is 33.6 Å². The van der Waals surface area contributed by atoms with Crippen LogP contribution in [-0.4, -0.2) is 19.5 Å². The summed E-state index contributed by atoms with van der Waals surface area (Å²) in [7, 11) is -3.73. The molecular weight excluding hydrogens is 281 g/mol. The molecule has 0 spiro atoms. The lowest BCUT2D eigenvalue weighted by atomic mass is 10.4. The lowest BCUT2D eigenvalue weighted by molar-refractivity contribution is 0.598. The van der Waals surface area contributed by atoms with Gasteiger partial charge in [0.25, 0.3) is 10.0 Å². The lowest BCUT2D eigenvalue weighted by Crippen LogP contribution is -1.99. The monoisotopic (exact) mass is 285 g/mol. The van der Waals surface area contributed by atoms with Crippen molar-refractivity contribution in [3.63, 3.8) is 0 Å². The van der Waals surface area contributed by atoms with Crippen molar-refractivity contribution in [2.45, 2.75) is 9.73 Å². The van der Waals surface area contributed by atoms with E-state index in [2.05, 4.69) is 4.40 Å². The summed E-state index contributed by atoms with van der Waals surface area (Å²) < 4.78 is 26.3. The molecule has 1 aromatic rings. The minimum atomic E-state index is -3.73. The summed E-state index contributed by atoms with van der Waals surface area (Å²) in [5, 5.41) is 0.450. The van der Waals surface area contributed by atoms with Gasteiger partial charge in [0, 0.05) is 5.02 Å². The molecule has 0 amide bonds. The van der Waals surface area contributed by atoms with E-state index >= 15 is 0 Å². The molecule has 0 atom stereocenters. The van der Waals surface area contributed by atoms with E-state index in [1.165, 1.54) is 24.3 Å². The summed E-state index contributed by atoms with van der Waals surface area (Å²) in [6, 6.07) is 5.63. The molecule has 3 nitrogen and oxygen atoms in total. The van der Waals surface area contributed by atoms with Crippen LogP contribution in [0.2, 0.25) is 5.02 Å². The zero-order chi connectivity index (χ0) is 11.5. The maximum absolute atomic E-state index is 11.5. The number of halogens is 3. The van der Waals surface area contributed by atoms with Gasteiger partial charge in [0.15, 0.2) is 0 Å². The summed E-state index contributed by atoms with van der Waals surface area (Å²) in [6.07, 6.45) is 0.938. The van der Waals surface area contributed by atoms with Gasteiger partial charge in [0.05, 0.1) is 11.1 Å². The Morgan fingerprint density at radius 2 is 1.73 bits per heavy atom. The zero-order valence-electron chi connectivity index (χ0n) is 7.27. The SMILES string of the molecule is O=S(=O)(N=CC(Cl)Cl)c1ccc(Cl)cc1. The minimum absolute atomic E-state index is 0.0390. The Kier molecular flexibility index (Phi) is 4.40. The van der Waals surface area contributed by atoms with Gasteiger partial charge in [-0.3, -0.25) is 0 Å². The first-order valence-electron chi connectivity index (χ1n) is 3.76. The third-order valence-corrected chi connectivity index (χ3v) is 3.17. The third-order valence-electron chi connectivity index (χ3n) is 1.42. The van der Waals surface area contributed by atoms with E-state index in [4.69, 9.17) is 34.8 Å². The maximum atomic E-state index is 11.5. The van der Waals surface area contributed by atoms with E-state index in [0.717, 1.165) is 6.21 Å². The molecule has 1 rings (SSSR count). The summed E-state index contributed by atoms with van der Waals surface area (Å²) in [5.74, 6) is 0. The molecule has 82 valence electrons. The van der Waals surface area contributed by atoms with Crippen LogP contribution < -0.4 is 0 Å². The Morgan fingerprint density at radius 1 is 1.20 bits per heavy atom. The topological polar surface area (TPSA) is 46.5 Å². The quantitative estimate of drug-likeness (QED) is 0.633. The highest BCUT2D eigenvalue weighted by Gasteiger charge is 2.11. The second-order valence-electron chi connectivity index (χ2n) is 2.52. The van der Waals surface area contributed by atoms with E-state index in [1.807, 2.05) is 0 Å². The smallest absolute Gasteiger partial charge is 0.199 e. The molecule has 0 bridgehead atoms. The van der Waals surface area contributed by atoms with Crippen LogP contribution in [0, 0.1) is 0 Å². The molecule has 0 heterocycles. The molecule has 7 heteroatoms. The van der Waals surface area contributed by atoms with Crippen LogP contribution in [0.3, 0.4) is 0 Å². The molecule has 0 saturated carbocycles. The van der Waals surface area contributed by atoms with Gasteiger partial charge >= 0.3 is 0 Å². The third kappa shape index (κ3) is 3.99. The average Bonchev–Trinajstić information content (AvgIpc) is 2.16. The molecule has 0 radical (unpaired) electrons. The van der Waals surface area contributed by atoms with Crippen LogP contribution in [0.4, 0.5) is 0 Å². The van der Waals surface area contributed by atoms with Crippen molar-refractivity contribution in [3.8, 4) is 0 Å². The Balaban J connectivity index is 3.02. The highest BCUT2D eigenvalue weighted by atomic mass is 35.5. The number of rotatable bonds is 3. The lowest BCUT2D eigenvalue weighted by Gasteiger charge is -1.98. The van der Waals surface area contributed by atoms with Crippen LogP contribution in [0.25, 0.3) is 0 Å². The van der Waals surface area contributed by atoms with Gasteiger partial charge in [-0.1, -0.05) is 34.8 Å². The predicted molar refractivity (Wildman–Crippen MR) is 62.6 cm³/mol. The highest BCUT2D eigenvalue weighted by molar-refractivity contribution is 7.90. The average molecular weight is 287 g/mol. The molecule has 0 aliphatic rings. The second kappa shape index (κ2) is 5.16. The van der Waals surface area contributed by atoms with Crippen LogP contribution >= 0.6 is 34.8 Å². The van der Waals surface area contributed by atoms with Crippen LogP contribution in [0.5, 0.6) is 0 Å². The summed E-state index contributed by atoms with van der Waals surface area (Å²) in [6.45, 7) is 0. The van der Waals surface area contributed by atoms with Crippen molar-refractivity contribution < 1.29 is 8.42 Å². The number of hydrogen-bond donors (Lipinski definition) is 0. The van der Waals surface area contributed by atoms with Gasteiger partial charge in [-0.2, -0.15) is 12.8 Å². The molecule has 0 fully saturated rings. The van der Waals surface area contributed by atoms with Crippen molar-refractivity contribution in [2.24, 2.45) is 4.40 Å². The van der Waals surface area contributed by atoms with Gasteiger partial charge in [-0.05, 0) is 24.3 Å². The molecule has 15 heavy (non-hydrogen) atoms. The van der Waals surface area contributed by atoms with E-state index in [-0.39, 0.29) is 4.90 Å². The number of benzene rings is 1. The number of sulfonamides is 1. The first kappa shape index (κ1) is 12.8. The fourth-order valence-corrected chi connectivity index (χ4v) is 2.05. The van der Waals surface area contributed by atoms with E-state index in [1.54, 1.807) is 0 Å². The van der Waals surface area contributed by atoms with Crippen molar-refractivity contribution in [1.82, 2.24) is 0 Å². The number of hydrogen-bond acceptors (Lipinski definition) is 2. The second-order valence-corrected chi connectivity index (χ2v) is 5.75. The number of nitrogens with zero attached hydrogens (tertiary/aromatic N) is 1. The Bertz CT molecular complexity index is 453. The normalized spacial score (nSPS) is 12.5. The van der Waals surface area contributed by atoms with Crippen molar-refractivity contribution >= 4 is 51.0 Å². The molecule has 1 aromatic carbocycles. The summed E-state index contributed by atoms with van der Waals surface area (Å²) >= 11 is 16.3. The van der Waals surface area contributed by atoms with Crippen LogP contribution in [0.1, 0.15) is 0 Å². The van der Waals surface area contributed by atoms with Gasteiger partial charge in [-0.25, -0.2) is 0 Å². The largest absolute Gasteiger partial charge is 0.282 e. The highest BCUT2D eigenvalue weighted by Crippen LogP contribution is 2.16. The molecule has 0 aromatic heterocycles. The molecule has 0 N–H and O–H groups in total. The number of alkyl halides is 2. The molecule has 0 saturated heterocycles. The van der Waals surface area contributed by atoms with Gasteiger partial charge in [0.1, 0.15) is 4.84 Å². The summed E-state index contributed by atoms with van der Waals surface area (Å²) in [5.41, 5.74) is 0. The van der Waals surface area contributed by atoms with Crippen molar-refractivity contribution in [2.75, 3.05) is 0 Å². The fraction of sp³-hybridized carbons (Fsp3) is 0.125. The predicted octanol–water partition coefficient (Wildman–Crippen LogP) is 2.90. The van der Waals surface area contributed by atoms with Crippen molar-refractivity contribution in [1.29, 1.82) is 0 Å². The first-order chi connectivity index (χ1) is 6.92. The first-order valence-corrected chi connectivity index (χ1v) is 6.45. The van der Waals surface area contributed by atoms with E-state index in [0.29, 0.717) is 5.02 Å². The molecule has 0 unspecified atom stereocenters. The Labute approximate surface area is 103 Å².